The van der Waals surface area contributed by atoms with Crippen LogP contribution in [0, 0.1) is 18.3 Å². The standard InChI is InChI=1S/C19H16N2O6/c1-11-8-12(10-20)9-14(17(22)23)15(11)21-7-5-4-6-13(18(24)26-2)16(21)19(25)27-3/h4-9H,1-3H3,(H,22,23). The summed E-state index contributed by atoms with van der Waals surface area (Å²) in [5, 5.41) is 18.7. The predicted molar refractivity (Wildman–Crippen MR) is 94.7 cm³/mol. The van der Waals surface area contributed by atoms with E-state index in [0.29, 0.717) is 5.56 Å². The van der Waals surface area contributed by atoms with Gasteiger partial charge in [0.1, 0.15) is 5.70 Å². The molecular weight excluding hydrogens is 352 g/mol. The highest BCUT2D eigenvalue weighted by Crippen LogP contribution is 2.33. The fraction of sp³-hybridized carbons (Fsp3) is 0.158. The summed E-state index contributed by atoms with van der Waals surface area (Å²) in [7, 11) is 2.31. The maximum Gasteiger partial charge on any atom is 0.355 e. The summed E-state index contributed by atoms with van der Waals surface area (Å²) in [5.74, 6) is -2.94. The van der Waals surface area contributed by atoms with Crippen LogP contribution in [0.25, 0.3) is 0 Å². The number of aryl methyl sites for hydroxylation is 1. The molecule has 1 heterocycles. The van der Waals surface area contributed by atoms with Crippen molar-refractivity contribution >= 4 is 23.6 Å². The number of anilines is 1. The summed E-state index contributed by atoms with van der Waals surface area (Å²) in [4.78, 5) is 37.7. The number of carboxylic acids is 1. The van der Waals surface area contributed by atoms with Gasteiger partial charge in [0.25, 0.3) is 0 Å². The summed E-state index contributed by atoms with van der Waals surface area (Å²) in [5.41, 5.74) is 0.192. The summed E-state index contributed by atoms with van der Waals surface area (Å²) in [6.07, 6.45) is 5.84. The minimum absolute atomic E-state index is 0.102. The zero-order valence-corrected chi connectivity index (χ0v) is 14.8. The van der Waals surface area contributed by atoms with Gasteiger partial charge in [0, 0.05) is 6.20 Å². The number of hydrogen-bond acceptors (Lipinski definition) is 7. The van der Waals surface area contributed by atoms with Gasteiger partial charge in [0.15, 0.2) is 0 Å². The number of rotatable bonds is 4. The molecule has 0 aromatic heterocycles. The molecule has 138 valence electrons. The topological polar surface area (TPSA) is 117 Å². The maximum atomic E-state index is 12.5. The lowest BCUT2D eigenvalue weighted by Gasteiger charge is -2.26. The normalized spacial score (nSPS) is 13.0. The van der Waals surface area contributed by atoms with Crippen molar-refractivity contribution in [2.75, 3.05) is 19.1 Å². The third-order valence-electron chi connectivity index (χ3n) is 3.79. The first-order valence-corrected chi connectivity index (χ1v) is 7.68. The second-order valence-corrected chi connectivity index (χ2v) is 5.42. The van der Waals surface area contributed by atoms with Gasteiger partial charge < -0.3 is 19.5 Å². The Bertz CT molecular complexity index is 950. The van der Waals surface area contributed by atoms with Gasteiger partial charge in [-0.05, 0) is 36.8 Å². The number of nitriles is 1. The zero-order valence-electron chi connectivity index (χ0n) is 14.8. The second kappa shape index (κ2) is 8.01. The van der Waals surface area contributed by atoms with Crippen LogP contribution in [0.1, 0.15) is 21.5 Å². The number of aromatic carboxylic acids is 1. The molecule has 2 rings (SSSR count). The highest BCUT2D eigenvalue weighted by molar-refractivity contribution is 6.07. The van der Waals surface area contributed by atoms with E-state index in [4.69, 9.17) is 14.7 Å². The molecule has 27 heavy (non-hydrogen) atoms. The Morgan fingerprint density at radius 1 is 1.11 bits per heavy atom. The number of esters is 2. The quantitative estimate of drug-likeness (QED) is 0.803. The molecule has 8 nitrogen and oxygen atoms in total. The lowest BCUT2D eigenvalue weighted by atomic mass is 10.0. The van der Waals surface area contributed by atoms with E-state index < -0.39 is 17.9 Å². The first-order chi connectivity index (χ1) is 12.8. The van der Waals surface area contributed by atoms with Crippen LogP contribution in [-0.4, -0.2) is 37.2 Å². The first-order valence-electron chi connectivity index (χ1n) is 7.68. The van der Waals surface area contributed by atoms with Crippen molar-refractivity contribution < 1.29 is 29.0 Å². The SMILES string of the molecule is COC(=O)C1=C(C(=O)OC)N(c2c(C)cc(C#N)cc2C(=O)O)C=CC=C1. The lowest BCUT2D eigenvalue weighted by molar-refractivity contribution is -0.139. The highest BCUT2D eigenvalue weighted by Gasteiger charge is 2.30. The van der Waals surface area contributed by atoms with Crippen LogP contribution in [-0.2, 0) is 19.1 Å². The Morgan fingerprint density at radius 3 is 2.33 bits per heavy atom. The predicted octanol–water partition coefficient (Wildman–Crippen LogP) is 2.05. The zero-order chi connectivity index (χ0) is 20.1. The number of carbonyl (C=O) groups excluding carboxylic acids is 2. The molecule has 1 aliphatic heterocycles. The Kier molecular flexibility index (Phi) is 5.78. The molecule has 0 saturated carbocycles. The van der Waals surface area contributed by atoms with Gasteiger partial charge in [-0.2, -0.15) is 5.26 Å². The molecule has 0 spiro atoms. The molecule has 8 heteroatoms. The van der Waals surface area contributed by atoms with Crippen LogP contribution >= 0.6 is 0 Å². The molecule has 0 amide bonds. The van der Waals surface area contributed by atoms with Crippen molar-refractivity contribution in [2.45, 2.75) is 6.92 Å². The molecule has 0 aliphatic carbocycles. The van der Waals surface area contributed by atoms with Crippen molar-refractivity contribution in [1.29, 1.82) is 5.26 Å². The third-order valence-corrected chi connectivity index (χ3v) is 3.79. The maximum absolute atomic E-state index is 12.5. The van der Waals surface area contributed by atoms with Gasteiger partial charge in [0.05, 0.1) is 42.7 Å². The molecule has 0 atom stereocenters. The summed E-state index contributed by atoms with van der Waals surface area (Å²) in [6.45, 7) is 1.60. The number of nitrogens with zero attached hydrogens (tertiary/aromatic N) is 2. The van der Waals surface area contributed by atoms with Gasteiger partial charge in [-0.3, -0.25) is 0 Å². The van der Waals surface area contributed by atoms with Gasteiger partial charge >= 0.3 is 17.9 Å². The van der Waals surface area contributed by atoms with E-state index in [-0.39, 0.29) is 28.1 Å². The van der Waals surface area contributed by atoms with Crippen LogP contribution in [0.5, 0.6) is 0 Å². The molecule has 1 aliphatic rings. The van der Waals surface area contributed by atoms with Crippen LogP contribution in [0.15, 0.2) is 47.8 Å². The van der Waals surface area contributed by atoms with Gasteiger partial charge in [0.2, 0.25) is 0 Å². The van der Waals surface area contributed by atoms with E-state index in [0.717, 1.165) is 14.2 Å². The molecule has 0 bridgehead atoms. The number of ether oxygens (including phenoxy) is 2. The van der Waals surface area contributed by atoms with Crippen LogP contribution in [0.3, 0.4) is 0 Å². The number of hydrogen-bond donors (Lipinski definition) is 1. The number of allylic oxidation sites excluding steroid dienone is 2. The van der Waals surface area contributed by atoms with E-state index in [9.17, 15) is 19.5 Å². The largest absolute Gasteiger partial charge is 0.478 e. The lowest BCUT2D eigenvalue weighted by Crippen LogP contribution is -2.28. The number of benzene rings is 1. The molecule has 1 aromatic rings. The van der Waals surface area contributed by atoms with E-state index in [1.807, 2.05) is 6.07 Å². The summed E-state index contributed by atoms with van der Waals surface area (Å²) < 4.78 is 9.52. The minimum atomic E-state index is -1.29. The Hall–Kier alpha value is -3.86. The van der Waals surface area contributed by atoms with Crippen molar-refractivity contribution in [1.82, 2.24) is 0 Å². The monoisotopic (exact) mass is 368 g/mol. The minimum Gasteiger partial charge on any atom is -0.478 e. The highest BCUT2D eigenvalue weighted by atomic mass is 16.5. The Morgan fingerprint density at radius 2 is 1.78 bits per heavy atom. The van der Waals surface area contributed by atoms with Crippen molar-refractivity contribution in [2.24, 2.45) is 0 Å². The fourth-order valence-corrected chi connectivity index (χ4v) is 2.66. The van der Waals surface area contributed by atoms with Crippen LogP contribution < -0.4 is 4.90 Å². The van der Waals surface area contributed by atoms with Gasteiger partial charge in [-0.1, -0.05) is 6.08 Å². The fourth-order valence-electron chi connectivity index (χ4n) is 2.66. The second-order valence-electron chi connectivity index (χ2n) is 5.42. The molecule has 0 saturated heterocycles. The number of methoxy groups -OCH3 is 2. The molecule has 1 aromatic carbocycles. The third kappa shape index (κ3) is 3.72. The Labute approximate surface area is 155 Å². The Balaban J connectivity index is 2.87. The van der Waals surface area contributed by atoms with Crippen molar-refractivity contribution in [3.05, 3.63) is 64.5 Å². The van der Waals surface area contributed by atoms with E-state index in [1.165, 1.54) is 41.5 Å². The summed E-state index contributed by atoms with van der Waals surface area (Å²) >= 11 is 0. The first kappa shape index (κ1) is 19.5. The van der Waals surface area contributed by atoms with Gasteiger partial charge in [-0.15, -0.1) is 0 Å². The molecule has 0 fully saturated rings. The van der Waals surface area contributed by atoms with E-state index >= 15 is 0 Å². The summed E-state index contributed by atoms with van der Waals surface area (Å²) in [6, 6.07) is 4.58. The van der Waals surface area contributed by atoms with Crippen molar-refractivity contribution in [3.8, 4) is 6.07 Å². The smallest absolute Gasteiger partial charge is 0.355 e. The van der Waals surface area contributed by atoms with Crippen LogP contribution in [0.2, 0.25) is 0 Å². The van der Waals surface area contributed by atoms with E-state index in [1.54, 1.807) is 6.92 Å². The van der Waals surface area contributed by atoms with Crippen LogP contribution in [0.4, 0.5) is 5.69 Å². The number of carboxylic acid groups (broad SMARTS) is 1. The average Bonchev–Trinajstić information content (AvgIpc) is 2.88. The van der Waals surface area contributed by atoms with Gasteiger partial charge in [-0.25, -0.2) is 14.4 Å². The van der Waals surface area contributed by atoms with E-state index in [2.05, 4.69) is 0 Å². The molecule has 0 radical (unpaired) electrons. The molecule has 1 N–H and O–H groups in total. The molecular formula is C19H16N2O6. The molecule has 0 unspecified atom stereocenters. The average molecular weight is 368 g/mol. The van der Waals surface area contributed by atoms with Crippen molar-refractivity contribution in [3.63, 3.8) is 0 Å². The number of carbonyl (C=O) groups is 3.